The number of amides is 1. The molecule has 0 saturated carbocycles. The van der Waals surface area contributed by atoms with Gasteiger partial charge in [0.15, 0.2) is 0 Å². The number of primary amides is 1. The number of hydrogen-bond donors (Lipinski definition) is 3. The first-order valence-corrected chi connectivity index (χ1v) is 6.22. The number of piperidine rings is 1. The van der Waals surface area contributed by atoms with Crippen LogP contribution in [0, 0.1) is 11.7 Å². The Morgan fingerprint density at radius 3 is 2.79 bits per heavy atom. The van der Waals surface area contributed by atoms with E-state index in [2.05, 4.69) is 0 Å². The number of aliphatic hydroxyl groups is 1. The number of halogens is 1. The molecule has 5 N–H and O–H groups in total. The van der Waals surface area contributed by atoms with Gasteiger partial charge in [0, 0.05) is 18.8 Å². The van der Waals surface area contributed by atoms with E-state index in [4.69, 9.17) is 11.5 Å². The van der Waals surface area contributed by atoms with Crippen molar-refractivity contribution in [3.63, 3.8) is 0 Å². The van der Waals surface area contributed by atoms with Crippen LogP contribution in [0.5, 0.6) is 0 Å². The van der Waals surface area contributed by atoms with E-state index in [1.54, 1.807) is 4.90 Å². The summed E-state index contributed by atoms with van der Waals surface area (Å²) in [5.74, 6) is -1.11. The summed E-state index contributed by atoms with van der Waals surface area (Å²) in [5, 5.41) is 9.68. The van der Waals surface area contributed by atoms with Crippen molar-refractivity contribution in [1.82, 2.24) is 0 Å². The summed E-state index contributed by atoms with van der Waals surface area (Å²) < 4.78 is 14.0. The van der Waals surface area contributed by atoms with Gasteiger partial charge < -0.3 is 21.5 Å². The van der Waals surface area contributed by atoms with Crippen molar-refractivity contribution in [1.29, 1.82) is 0 Å². The number of benzene rings is 1. The fourth-order valence-corrected chi connectivity index (χ4v) is 2.38. The Labute approximate surface area is 111 Å². The number of aliphatic hydroxyl groups excluding tert-OH is 1. The molecule has 2 unspecified atom stereocenters. The van der Waals surface area contributed by atoms with Crippen molar-refractivity contribution in [2.75, 3.05) is 23.7 Å². The zero-order valence-corrected chi connectivity index (χ0v) is 10.8. The molecule has 1 amide bonds. The second-order valence-electron chi connectivity index (χ2n) is 5.03. The first-order valence-electron chi connectivity index (χ1n) is 6.22. The molecule has 1 aromatic carbocycles. The molecule has 1 fully saturated rings. The fraction of sp³-hybridized carbons (Fsp3) is 0.462. The minimum Gasteiger partial charge on any atom is -0.398 e. The van der Waals surface area contributed by atoms with E-state index in [0.717, 1.165) is 6.07 Å². The number of carbonyl (C=O) groups is 1. The topological polar surface area (TPSA) is 92.6 Å². The summed E-state index contributed by atoms with van der Waals surface area (Å²) in [6.07, 6.45) is 0.195. The molecule has 1 heterocycles. The van der Waals surface area contributed by atoms with Gasteiger partial charge in [-0.3, -0.25) is 4.79 Å². The van der Waals surface area contributed by atoms with E-state index < -0.39 is 11.7 Å². The molecule has 2 rings (SSSR count). The largest absolute Gasteiger partial charge is 0.398 e. The van der Waals surface area contributed by atoms with Crippen LogP contribution >= 0.6 is 0 Å². The third-order valence-corrected chi connectivity index (χ3v) is 3.59. The summed E-state index contributed by atoms with van der Waals surface area (Å²) in [6, 6.07) is 2.50. The molecule has 5 nitrogen and oxygen atoms in total. The summed E-state index contributed by atoms with van der Waals surface area (Å²) in [7, 11) is 0. The normalized spacial score (nSPS) is 23.4. The van der Waals surface area contributed by atoms with Gasteiger partial charge in [-0.25, -0.2) is 4.39 Å². The van der Waals surface area contributed by atoms with Crippen LogP contribution in [0.4, 0.5) is 15.8 Å². The lowest BCUT2D eigenvalue weighted by atomic mass is 9.96. The van der Waals surface area contributed by atoms with Crippen LogP contribution in [0.1, 0.15) is 23.7 Å². The molecule has 19 heavy (non-hydrogen) atoms. The summed E-state index contributed by atoms with van der Waals surface area (Å²) in [4.78, 5) is 13.0. The van der Waals surface area contributed by atoms with Gasteiger partial charge in [0.05, 0.1) is 17.4 Å². The minimum absolute atomic E-state index is 0.0406. The second kappa shape index (κ2) is 5.05. The van der Waals surface area contributed by atoms with Crippen LogP contribution in [0.2, 0.25) is 0 Å². The van der Waals surface area contributed by atoms with Gasteiger partial charge in [-0.2, -0.15) is 0 Å². The molecule has 0 bridgehead atoms. The van der Waals surface area contributed by atoms with Crippen molar-refractivity contribution in [2.24, 2.45) is 11.7 Å². The quantitative estimate of drug-likeness (QED) is 0.688. The molecule has 0 aromatic heterocycles. The summed E-state index contributed by atoms with van der Waals surface area (Å²) >= 11 is 0. The minimum atomic E-state index is -0.677. The van der Waals surface area contributed by atoms with Crippen LogP contribution in [0.15, 0.2) is 12.1 Å². The number of nitrogen functional groups attached to an aromatic ring is 1. The Morgan fingerprint density at radius 2 is 2.21 bits per heavy atom. The van der Waals surface area contributed by atoms with Crippen LogP contribution in [-0.2, 0) is 0 Å². The maximum Gasteiger partial charge on any atom is 0.250 e. The number of anilines is 2. The first kappa shape index (κ1) is 13.6. The zero-order valence-electron chi connectivity index (χ0n) is 10.8. The standard InChI is InChI=1S/C13H18FN3O2/c1-7-6-17(3-2-12(7)18)11-4-8(13(16)19)10(15)5-9(11)14/h4-5,7,12,18H,2-3,6,15H2,1H3,(H2,16,19). The van der Waals surface area contributed by atoms with E-state index >= 15 is 0 Å². The molecular weight excluding hydrogens is 249 g/mol. The Kier molecular flexibility index (Phi) is 3.61. The van der Waals surface area contributed by atoms with Gasteiger partial charge in [-0.15, -0.1) is 0 Å². The van der Waals surface area contributed by atoms with Crippen molar-refractivity contribution >= 4 is 17.3 Å². The van der Waals surface area contributed by atoms with Gasteiger partial charge >= 0.3 is 0 Å². The van der Waals surface area contributed by atoms with Crippen molar-refractivity contribution < 1.29 is 14.3 Å². The molecule has 1 aliphatic heterocycles. The molecule has 2 atom stereocenters. The van der Waals surface area contributed by atoms with Crippen molar-refractivity contribution in [3.05, 3.63) is 23.5 Å². The second-order valence-corrected chi connectivity index (χ2v) is 5.03. The number of carbonyl (C=O) groups excluding carboxylic acids is 1. The molecule has 1 saturated heterocycles. The number of nitrogens with zero attached hydrogens (tertiary/aromatic N) is 1. The van der Waals surface area contributed by atoms with Crippen molar-refractivity contribution in [3.8, 4) is 0 Å². The molecule has 104 valence electrons. The Morgan fingerprint density at radius 1 is 1.53 bits per heavy atom. The number of hydrogen-bond acceptors (Lipinski definition) is 4. The maximum atomic E-state index is 14.0. The third-order valence-electron chi connectivity index (χ3n) is 3.59. The molecular formula is C13H18FN3O2. The molecule has 0 radical (unpaired) electrons. The summed E-state index contributed by atoms with van der Waals surface area (Å²) in [6.45, 7) is 2.96. The van der Waals surface area contributed by atoms with Crippen molar-refractivity contribution in [2.45, 2.75) is 19.4 Å². The lowest BCUT2D eigenvalue weighted by Gasteiger charge is -2.36. The fourth-order valence-electron chi connectivity index (χ4n) is 2.38. The van der Waals surface area contributed by atoms with Gasteiger partial charge in [0.25, 0.3) is 5.91 Å². The van der Waals surface area contributed by atoms with Gasteiger partial charge in [0.1, 0.15) is 5.82 Å². The third kappa shape index (κ3) is 2.63. The average molecular weight is 267 g/mol. The molecule has 1 aromatic rings. The zero-order chi connectivity index (χ0) is 14.2. The van der Waals surface area contributed by atoms with E-state index in [-0.39, 0.29) is 23.3 Å². The van der Waals surface area contributed by atoms with Crippen LogP contribution < -0.4 is 16.4 Å². The molecule has 1 aliphatic rings. The van der Waals surface area contributed by atoms with E-state index in [1.165, 1.54) is 6.07 Å². The monoisotopic (exact) mass is 267 g/mol. The lowest BCUT2D eigenvalue weighted by Crippen LogP contribution is -2.42. The molecule has 0 aliphatic carbocycles. The molecule has 0 spiro atoms. The lowest BCUT2D eigenvalue weighted by molar-refractivity contribution is 0.0966. The van der Waals surface area contributed by atoms with E-state index in [0.29, 0.717) is 25.2 Å². The summed E-state index contributed by atoms with van der Waals surface area (Å²) in [5.41, 5.74) is 11.3. The van der Waals surface area contributed by atoms with Crippen LogP contribution in [0.25, 0.3) is 0 Å². The first-order chi connectivity index (χ1) is 8.90. The van der Waals surface area contributed by atoms with Gasteiger partial charge in [-0.1, -0.05) is 6.92 Å². The van der Waals surface area contributed by atoms with E-state index in [9.17, 15) is 14.3 Å². The molecule has 6 heteroatoms. The highest BCUT2D eigenvalue weighted by atomic mass is 19.1. The Bertz CT molecular complexity index is 507. The Balaban J connectivity index is 2.34. The van der Waals surface area contributed by atoms with Gasteiger partial charge in [-0.05, 0) is 24.5 Å². The highest BCUT2D eigenvalue weighted by Crippen LogP contribution is 2.29. The van der Waals surface area contributed by atoms with Crippen LogP contribution in [-0.4, -0.2) is 30.2 Å². The number of nitrogens with two attached hydrogens (primary N) is 2. The highest BCUT2D eigenvalue weighted by Gasteiger charge is 2.26. The predicted octanol–water partition coefficient (Wildman–Crippen LogP) is 0.714. The Hall–Kier alpha value is -1.82. The predicted molar refractivity (Wildman–Crippen MR) is 71.3 cm³/mol. The number of rotatable bonds is 2. The van der Waals surface area contributed by atoms with Gasteiger partial charge in [0.2, 0.25) is 0 Å². The highest BCUT2D eigenvalue weighted by molar-refractivity contribution is 5.99. The average Bonchev–Trinajstić information content (AvgIpc) is 2.32. The SMILES string of the molecule is CC1CN(c2cc(C(N)=O)c(N)cc2F)CCC1O. The maximum absolute atomic E-state index is 14.0. The smallest absolute Gasteiger partial charge is 0.250 e. The van der Waals surface area contributed by atoms with E-state index in [1.807, 2.05) is 6.92 Å². The van der Waals surface area contributed by atoms with Crippen LogP contribution in [0.3, 0.4) is 0 Å².